The minimum absolute atomic E-state index is 0.677. The van der Waals surface area contributed by atoms with Crippen LogP contribution in [-0.2, 0) is 6.42 Å². The lowest BCUT2D eigenvalue weighted by Gasteiger charge is -1.93. The Morgan fingerprint density at radius 3 is 3.00 bits per heavy atom. The van der Waals surface area contributed by atoms with E-state index in [0.29, 0.717) is 5.82 Å². The monoisotopic (exact) mass is 188 g/mol. The van der Waals surface area contributed by atoms with Crippen molar-refractivity contribution >= 4 is 17.4 Å². The van der Waals surface area contributed by atoms with Gasteiger partial charge in [-0.1, -0.05) is 0 Å². The lowest BCUT2D eigenvalue weighted by atomic mass is 10.2. The third-order valence-corrected chi connectivity index (χ3v) is 1.88. The molecule has 0 saturated carbocycles. The van der Waals surface area contributed by atoms with Crippen LogP contribution in [0, 0.1) is 0 Å². The number of aromatic amines is 1. The fourth-order valence-corrected chi connectivity index (χ4v) is 1.16. The van der Waals surface area contributed by atoms with E-state index >= 15 is 0 Å². The van der Waals surface area contributed by atoms with Gasteiger partial charge in [0.25, 0.3) is 0 Å². The average Bonchev–Trinajstić information content (AvgIpc) is 2.53. The van der Waals surface area contributed by atoms with E-state index in [1.54, 1.807) is 0 Å². The van der Waals surface area contributed by atoms with Crippen LogP contribution in [0.15, 0.2) is 6.07 Å². The fraction of sp³-hybridized carbons (Fsp3) is 0.571. The Hall–Kier alpha value is -0.740. The van der Waals surface area contributed by atoms with Crippen molar-refractivity contribution in [2.75, 3.05) is 11.3 Å². The molecule has 12 heavy (non-hydrogen) atoms. The van der Waals surface area contributed by atoms with Crippen molar-refractivity contribution in [3.8, 4) is 0 Å². The van der Waals surface area contributed by atoms with Gasteiger partial charge in [-0.25, -0.2) is 5.84 Å². The largest absolute Gasteiger partial charge is 0.307 e. The predicted octanol–water partition coefficient (Wildman–Crippen LogP) is 1.26. The summed E-state index contributed by atoms with van der Waals surface area (Å²) in [6, 6.07) is 1.90. The molecule has 1 aromatic heterocycles. The second-order valence-electron chi connectivity index (χ2n) is 2.57. The second-order valence-corrected chi connectivity index (χ2v) is 2.95. The molecule has 1 heterocycles. The molecule has 0 atom stereocenters. The molecule has 0 unspecified atom stereocenters. The molecule has 0 amide bonds. The number of unbranched alkanes of at least 4 members (excludes halogenated alkanes) is 1. The van der Waals surface area contributed by atoms with Gasteiger partial charge in [-0.3, -0.25) is 5.10 Å². The maximum Gasteiger partial charge on any atom is 0.161 e. The number of alkyl halides is 1. The Morgan fingerprint density at radius 2 is 2.42 bits per heavy atom. The van der Waals surface area contributed by atoms with E-state index in [0.717, 1.165) is 30.8 Å². The maximum atomic E-state index is 5.54. The van der Waals surface area contributed by atoms with E-state index in [-0.39, 0.29) is 0 Å². The number of anilines is 1. The molecule has 0 bridgehead atoms. The Kier molecular flexibility index (Phi) is 3.90. The van der Waals surface area contributed by atoms with E-state index in [1.165, 1.54) is 0 Å². The standard InChI is InChI=1S/C7H13ClN4/c8-4-2-1-3-6-5-7(10-9)12-11-6/h5H,1-4,9H2,(H2,10,11,12). The van der Waals surface area contributed by atoms with Crippen LogP contribution in [0.25, 0.3) is 0 Å². The number of hydrazine groups is 1. The number of nitrogens with one attached hydrogen (secondary N) is 2. The van der Waals surface area contributed by atoms with Crippen molar-refractivity contribution in [3.63, 3.8) is 0 Å². The molecule has 0 saturated heterocycles. The van der Waals surface area contributed by atoms with Gasteiger partial charge < -0.3 is 5.43 Å². The number of H-pyrrole nitrogens is 1. The molecule has 68 valence electrons. The number of nitrogen functional groups attached to an aromatic ring is 1. The third-order valence-electron chi connectivity index (χ3n) is 1.61. The highest BCUT2D eigenvalue weighted by molar-refractivity contribution is 6.17. The lowest BCUT2D eigenvalue weighted by molar-refractivity contribution is 0.776. The normalized spacial score (nSPS) is 10.2. The van der Waals surface area contributed by atoms with E-state index in [4.69, 9.17) is 17.4 Å². The van der Waals surface area contributed by atoms with Crippen LogP contribution >= 0.6 is 11.6 Å². The summed E-state index contributed by atoms with van der Waals surface area (Å²) >= 11 is 5.54. The van der Waals surface area contributed by atoms with Crippen molar-refractivity contribution in [3.05, 3.63) is 11.8 Å². The number of nitrogens with two attached hydrogens (primary N) is 1. The maximum absolute atomic E-state index is 5.54. The lowest BCUT2D eigenvalue weighted by Crippen LogP contribution is -2.06. The van der Waals surface area contributed by atoms with Gasteiger partial charge in [-0.15, -0.1) is 11.6 Å². The average molecular weight is 189 g/mol. The molecule has 4 N–H and O–H groups in total. The molecule has 1 aromatic rings. The van der Waals surface area contributed by atoms with Crippen molar-refractivity contribution < 1.29 is 0 Å². The first kappa shape index (κ1) is 9.35. The van der Waals surface area contributed by atoms with Crippen molar-refractivity contribution in [2.24, 2.45) is 5.84 Å². The quantitative estimate of drug-likeness (QED) is 0.282. The van der Waals surface area contributed by atoms with Crippen LogP contribution in [0.4, 0.5) is 5.82 Å². The summed E-state index contributed by atoms with van der Waals surface area (Å²) in [4.78, 5) is 0. The molecule has 1 rings (SSSR count). The molecule has 0 radical (unpaired) electrons. The highest BCUT2D eigenvalue weighted by atomic mass is 35.5. The summed E-state index contributed by atoms with van der Waals surface area (Å²) in [5.74, 6) is 6.56. The number of hydrogen-bond acceptors (Lipinski definition) is 3. The van der Waals surface area contributed by atoms with Gasteiger partial charge in [0.1, 0.15) is 0 Å². The van der Waals surface area contributed by atoms with E-state index in [2.05, 4.69) is 15.6 Å². The van der Waals surface area contributed by atoms with Gasteiger partial charge in [-0.05, 0) is 19.3 Å². The zero-order chi connectivity index (χ0) is 8.81. The van der Waals surface area contributed by atoms with E-state index in [9.17, 15) is 0 Å². The fourth-order valence-electron chi connectivity index (χ4n) is 0.974. The third kappa shape index (κ3) is 2.71. The summed E-state index contributed by atoms with van der Waals surface area (Å²) in [7, 11) is 0. The highest BCUT2D eigenvalue weighted by Crippen LogP contribution is 2.07. The molecule has 4 nitrogen and oxygen atoms in total. The minimum Gasteiger partial charge on any atom is -0.307 e. The van der Waals surface area contributed by atoms with E-state index in [1.807, 2.05) is 6.07 Å². The summed E-state index contributed by atoms with van der Waals surface area (Å²) in [5, 5.41) is 6.80. The van der Waals surface area contributed by atoms with E-state index < -0.39 is 0 Å². The molecule has 5 heteroatoms. The Labute approximate surface area is 76.5 Å². The smallest absolute Gasteiger partial charge is 0.161 e. The number of rotatable bonds is 5. The number of nitrogens with zero attached hydrogens (tertiary/aromatic N) is 1. The van der Waals surface area contributed by atoms with Gasteiger partial charge >= 0.3 is 0 Å². The molecule has 0 aromatic carbocycles. The first-order valence-corrected chi connectivity index (χ1v) is 4.47. The van der Waals surface area contributed by atoms with Crippen LogP contribution < -0.4 is 11.3 Å². The highest BCUT2D eigenvalue weighted by Gasteiger charge is 1.97. The van der Waals surface area contributed by atoms with Gasteiger partial charge in [-0.2, -0.15) is 5.10 Å². The molecular weight excluding hydrogens is 176 g/mol. The van der Waals surface area contributed by atoms with Crippen LogP contribution in [-0.4, -0.2) is 16.1 Å². The molecule has 0 fully saturated rings. The number of hydrogen-bond donors (Lipinski definition) is 3. The molecule has 0 aliphatic rings. The number of aryl methyl sites for hydroxylation is 1. The van der Waals surface area contributed by atoms with Crippen molar-refractivity contribution in [2.45, 2.75) is 19.3 Å². The van der Waals surface area contributed by atoms with Crippen LogP contribution in [0.2, 0.25) is 0 Å². The summed E-state index contributed by atoms with van der Waals surface area (Å²) in [5.41, 5.74) is 3.56. The Balaban J connectivity index is 2.31. The van der Waals surface area contributed by atoms with Gasteiger partial charge in [0.05, 0.1) is 0 Å². The molecule has 0 aliphatic heterocycles. The van der Waals surface area contributed by atoms with Crippen LogP contribution in [0.3, 0.4) is 0 Å². The molecule has 0 aliphatic carbocycles. The van der Waals surface area contributed by atoms with Crippen molar-refractivity contribution in [1.29, 1.82) is 0 Å². The number of halogens is 1. The summed E-state index contributed by atoms with van der Waals surface area (Å²) in [6.07, 6.45) is 3.09. The summed E-state index contributed by atoms with van der Waals surface area (Å²) < 4.78 is 0. The van der Waals surface area contributed by atoms with Gasteiger partial charge in [0.2, 0.25) is 0 Å². The van der Waals surface area contributed by atoms with Crippen LogP contribution in [0.1, 0.15) is 18.5 Å². The van der Waals surface area contributed by atoms with Crippen molar-refractivity contribution in [1.82, 2.24) is 10.2 Å². The molecule has 0 spiro atoms. The number of aromatic nitrogens is 2. The first-order chi connectivity index (χ1) is 5.86. The van der Waals surface area contributed by atoms with Gasteiger partial charge in [0, 0.05) is 17.6 Å². The summed E-state index contributed by atoms with van der Waals surface area (Å²) in [6.45, 7) is 0. The van der Waals surface area contributed by atoms with Crippen LogP contribution in [0.5, 0.6) is 0 Å². The predicted molar refractivity (Wildman–Crippen MR) is 50.1 cm³/mol. The Morgan fingerprint density at radius 1 is 1.58 bits per heavy atom. The second kappa shape index (κ2) is 5.00. The SMILES string of the molecule is NNc1cc(CCCCCl)[nH]n1. The zero-order valence-corrected chi connectivity index (χ0v) is 7.56. The Bertz CT molecular complexity index is 223. The topological polar surface area (TPSA) is 66.7 Å². The minimum atomic E-state index is 0.677. The van der Waals surface area contributed by atoms with Gasteiger partial charge in [0.15, 0.2) is 5.82 Å². The first-order valence-electron chi connectivity index (χ1n) is 3.93. The zero-order valence-electron chi connectivity index (χ0n) is 6.81. The molecular formula is C7H13ClN4.